The number of amides is 1. The molecule has 1 saturated heterocycles. The number of rotatable bonds is 6. The zero-order valence-electron chi connectivity index (χ0n) is 20.3. The number of aliphatic hydroxyl groups excluding tert-OH is 1. The minimum Gasteiger partial charge on any atom is -0.507 e. The van der Waals surface area contributed by atoms with Crippen molar-refractivity contribution in [2.75, 3.05) is 4.90 Å². The minimum absolute atomic E-state index is 0.123. The lowest BCUT2D eigenvalue weighted by molar-refractivity contribution is -0.384. The number of aliphatic hydroxyl groups is 1. The largest absolute Gasteiger partial charge is 0.507 e. The number of hydrogen-bond donors (Lipinski definition) is 1. The van der Waals surface area contributed by atoms with Crippen molar-refractivity contribution in [3.63, 3.8) is 0 Å². The molecule has 4 aromatic carbocycles. The van der Waals surface area contributed by atoms with Crippen LogP contribution in [0, 0.1) is 17.0 Å². The molecule has 1 heterocycles. The number of aryl methyl sites for hydroxylation is 1. The van der Waals surface area contributed by atoms with Gasteiger partial charge in [0.2, 0.25) is 0 Å². The second-order valence-electron chi connectivity index (χ2n) is 8.80. The molecule has 1 fully saturated rings. The van der Waals surface area contributed by atoms with Crippen LogP contribution in [-0.2, 0) is 9.59 Å². The topological polar surface area (TPSA) is 110 Å². The first-order valence-corrected chi connectivity index (χ1v) is 11.8. The summed E-state index contributed by atoms with van der Waals surface area (Å²) < 4.78 is 5.98. The molecule has 8 heteroatoms. The van der Waals surface area contributed by atoms with E-state index in [2.05, 4.69) is 0 Å². The van der Waals surface area contributed by atoms with E-state index in [0.29, 0.717) is 22.7 Å². The van der Waals surface area contributed by atoms with E-state index in [4.69, 9.17) is 4.74 Å². The molecule has 1 atom stereocenters. The molecule has 0 aromatic heterocycles. The quantitative estimate of drug-likeness (QED) is 0.108. The molecule has 8 nitrogen and oxygen atoms in total. The van der Waals surface area contributed by atoms with Gasteiger partial charge in [0.05, 0.1) is 16.5 Å². The Bertz CT molecular complexity index is 1580. The Hall–Kier alpha value is -5.24. The van der Waals surface area contributed by atoms with Crippen molar-refractivity contribution in [2.24, 2.45) is 0 Å². The zero-order valence-corrected chi connectivity index (χ0v) is 20.3. The molecule has 1 aliphatic rings. The Labute approximate surface area is 218 Å². The summed E-state index contributed by atoms with van der Waals surface area (Å²) in [6.45, 7) is 1.88. The normalized spacial score (nSPS) is 16.4. The third kappa shape index (κ3) is 4.62. The van der Waals surface area contributed by atoms with Crippen molar-refractivity contribution in [3.8, 4) is 11.5 Å². The zero-order chi connectivity index (χ0) is 26.8. The summed E-state index contributed by atoms with van der Waals surface area (Å²) in [5, 5.41) is 22.3. The number of Topliss-reactive ketones (excluding diaryl/α,β-unsaturated/α-hetero) is 1. The third-order valence-electron chi connectivity index (χ3n) is 6.23. The van der Waals surface area contributed by atoms with E-state index >= 15 is 0 Å². The van der Waals surface area contributed by atoms with Crippen LogP contribution in [0.3, 0.4) is 0 Å². The SMILES string of the molecule is Cc1cccc(N2C(=O)C(=O)/C(=C(/O)c3ccc([N+](=O)[O-])cc3)C2c2cccc(Oc3ccccc3)c2)c1. The average Bonchev–Trinajstić information content (AvgIpc) is 3.19. The predicted molar refractivity (Wildman–Crippen MR) is 142 cm³/mol. The predicted octanol–water partition coefficient (Wildman–Crippen LogP) is 6.32. The summed E-state index contributed by atoms with van der Waals surface area (Å²) >= 11 is 0. The maximum absolute atomic E-state index is 13.4. The van der Waals surface area contributed by atoms with Crippen LogP contribution < -0.4 is 9.64 Å². The molecule has 38 heavy (non-hydrogen) atoms. The Kier molecular flexibility index (Phi) is 6.45. The second kappa shape index (κ2) is 10.0. The lowest BCUT2D eigenvalue weighted by Gasteiger charge is -2.26. The van der Waals surface area contributed by atoms with Crippen molar-refractivity contribution in [1.29, 1.82) is 0 Å². The standard InChI is InChI=1S/C30H22N2O6/c1-19-7-5-9-23(17-19)31-27(21-8-6-12-25(18-21)38-24-10-3-2-4-11-24)26(29(34)30(31)35)28(33)20-13-15-22(16-14-20)32(36)37/h2-18,27,33H,1H3/b28-26+. The number of ether oxygens (including phenoxy) is 1. The maximum atomic E-state index is 13.4. The highest BCUT2D eigenvalue weighted by Gasteiger charge is 2.47. The molecule has 1 unspecified atom stereocenters. The van der Waals surface area contributed by atoms with Crippen LogP contribution in [0.4, 0.5) is 11.4 Å². The molecule has 0 spiro atoms. The van der Waals surface area contributed by atoms with Gasteiger partial charge >= 0.3 is 0 Å². The summed E-state index contributed by atoms with van der Waals surface area (Å²) in [4.78, 5) is 38.6. The van der Waals surface area contributed by atoms with Gasteiger partial charge in [0.1, 0.15) is 17.3 Å². The Balaban J connectivity index is 1.66. The van der Waals surface area contributed by atoms with Crippen LogP contribution in [-0.4, -0.2) is 21.7 Å². The molecular weight excluding hydrogens is 484 g/mol. The van der Waals surface area contributed by atoms with Gasteiger partial charge in [0.25, 0.3) is 17.4 Å². The Morgan fingerprint density at radius 2 is 1.55 bits per heavy atom. The van der Waals surface area contributed by atoms with E-state index in [0.717, 1.165) is 5.56 Å². The summed E-state index contributed by atoms with van der Waals surface area (Å²) in [5.41, 5.74) is 1.82. The summed E-state index contributed by atoms with van der Waals surface area (Å²) in [7, 11) is 0. The molecule has 0 bridgehead atoms. The van der Waals surface area contributed by atoms with Crippen molar-refractivity contribution < 1.29 is 24.4 Å². The van der Waals surface area contributed by atoms with E-state index in [1.54, 1.807) is 54.6 Å². The summed E-state index contributed by atoms with van der Waals surface area (Å²) in [6, 6.07) is 27.5. The maximum Gasteiger partial charge on any atom is 0.300 e. The molecule has 0 radical (unpaired) electrons. The number of nitro groups is 1. The molecular formula is C30H22N2O6. The molecule has 188 valence electrons. The van der Waals surface area contributed by atoms with Crippen LogP contribution in [0.2, 0.25) is 0 Å². The monoisotopic (exact) mass is 506 g/mol. The summed E-state index contributed by atoms with van der Waals surface area (Å²) in [5.74, 6) is -0.977. The molecule has 1 aliphatic heterocycles. The number of carbonyl (C=O) groups is 2. The number of non-ortho nitro benzene ring substituents is 1. The fourth-order valence-electron chi connectivity index (χ4n) is 4.46. The molecule has 0 saturated carbocycles. The minimum atomic E-state index is -0.966. The molecule has 1 amide bonds. The van der Waals surface area contributed by atoms with Gasteiger partial charge in [-0.15, -0.1) is 0 Å². The van der Waals surface area contributed by atoms with Crippen LogP contribution in [0.15, 0.2) is 109 Å². The van der Waals surface area contributed by atoms with Gasteiger partial charge in [0.15, 0.2) is 0 Å². The number of hydrogen-bond acceptors (Lipinski definition) is 6. The first kappa shape index (κ1) is 24.5. The van der Waals surface area contributed by atoms with Crippen molar-refractivity contribution >= 4 is 28.8 Å². The molecule has 4 aromatic rings. The molecule has 0 aliphatic carbocycles. The van der Waals surface area contributed by atoms with Gasteiger partial charge in [-0.25, -0.2) is 0 Å². The van der Waals surface area contributed by atoms with E-state index in [-0.39, 0.29) is 16.8 Å². The number of ketones is 1. The van der Waals surface area contributed by atoms with Crippen molar-refractivity contribution in [3.05, 3.63) is 136 Å². The smallest absolute Gasteiger partial charge is 0.300 e. The van der Waals surface area contributed by atoms with Gasteiger partial charge in [-0.2, -0.15) is 0 Å². The van der Waals surface area contributed by atoms with Gasteiger partial charge in [-0.1, -0.05) is 42.5 Å². The third-order valence-corrected chi connectivity index (χ3v) is 6.23. The number of carbonyl (C=O) groups excluding carboxylic acids is 2. The Morgan fingerprint density at radius 1 is 0.868 bits per heavy atom. The fraction of sp³-hybridized carbons (Fsp3) is 0.0667. The first-order valence-electron chi connectivity index (χ1n) is 11.8. The van der Waals surface area contributed by atoms with Crippen molar-refractivity contribution in [2.45, 2.75) is 13.0 Å². The van der Waals surface area contributed by atoms with E-state index < -0.39 is 28.4 Å². The van der Waals surface area contributed by atoms with Crippen molar-refractivity contribution in [1.82, 2.24) is 0 Å². The van der Waals surface area contributed by atoms with Gasteiger partial charge in [0, 0.05) is 23.4 Å². The van der Waals surface area contributed by atoms with Crippen LogP contribution >= 0.6 is 0 Å². The van der Waals surface area contributed by atoms with Gasteiger partial charge in [-0.3, -0.25) is 24.6 Å². The van der Waals surface area contributed by atoms with E-state index in [1.807, 2.05) is 31.2 Å². The van der Waals surface area contributed by atoms with E-state index in [1.165, 1.54) is 29.2 Å². The summed E-state index contributed by atoms with van der Waals surface area (Å²) in [6.07, 6.45) is 0. The average molecular weight is 507 g/mol. The second-order valence-corrected chi connectivity index (χ2v) is 8.80. The number of nitro benzene ring substituents is 1. The number of benzene rings is 4. The number of anilines is 1. The lowest BCUT2D eigenvalue weighted by Crippen LogP contribution is -2.29. The molecule has 1 N–H and O–H groups in total. The first-order chi connectivity index (χ1) is 18.3. The molecule has 5 rings (SSSR count). The number of nitrogens with zero attached hydrogens (tertiary/aromatic N) is 2. The number of para-hydroxylation sites is 1. The Morgan fingerprint density at radius 3 is 2.24 bits per heavy atom. The van der Waals surface area contributed by atoms with Crippen LogP contribution in [0.25, 0.3) is 5.76 Å². The highest BCUT2D eigenvalue weighted by molar-refractivity contribution is 6.51. The van der Waals surface area contributed by atoms with Crippen LogP contribution in [0.1, 0.15) is 22.7 Å². The fourth-order valence-corrected chi connectivity index (χ4v) is 4.46. The van der Waals surface area contributed by atoms with Gasteiger partial charge in [-0.05, 0) is 66.6 Å². The van der Waals surface area contributed by atoms with E-state index in [9.17, 15) is 24.8 Å². The lowest BCUT2D eigenvalue weighted by atomic mass is 9.95. The highest BCUT2D eigenvalue weighted by atomic mass is 16.6. The van der Waals surface area contributed by atoms with Crippen LogP contribution in [0.5, 0.6) is 11.5 Å². The van der Waals surface area contributed by atoms with Gasteiger partial charge < -0.3 is 9.84 Å². The highest BCUT2D eigenvalue weighted by Crippen LogP contribution is 2.43.